The molecule has 3 rings (SSSR count). The minimum Gasteiger partial charge on any atom is -0.466 e. The molecule has 0 saturated heterocycles. The summed E-state index contributed by atoms with van der Waals surface area (Å²) in [6, 6.07) is 10.4. The summed E-state index contributed by atoms with van der Waals surface area (Å²) in [5.74, 6) is 0.842. The first-order chi connectivity index (χ1) is 11.8. The number of carbonyl (C=O) groups excluding carboxylic acids is 1. The number of aromatic amines is 1. The lowest BCUT2D eigenvalue weighted by Gasteiger charge is -2.23. The van der Waals surface area contributed by atoms with Crippen LogP contribution in [0.25, 0.3) is 10.8 Å². The number of nitrogens with one attached hydrogen (secondary N) is 2. The van der Waals surface area contributed by atoms with E-state index < -0.39 is 11.5 Å². The fraction of sp³-hybridized carbons (Fsp3) is 0.263. The standard InChI is InChI=1S/C19H20N2O4/c1-11-8-15(12(2)25-11)19(3,24)10-20-18(23)16-9-13-6-4-5-7-14(13)17(22)21-16/h4-9,24H,10H2,1-3H3,(H,20,23)(H,21,22). The number of rotatable bonds is 4. The van der Waals surface area contributed by atoms with E-state index in [1.165, 1.54) is 0 Å². The van der Waals surface area contributed by atoms with E-state index in [-0.39, 0.29) is 17.8 Å². The van der Waals surface area contributed by atoms with Gasteiger partial charge in [-0.05, 0) is 44.4 Å². The highest BCUT2D eigenvalue weighted by molar-refractivity contribution is 5.96. The van der Waals surface area contributed by atoms with Crippen LogP contribution in [0.5, 0.6) is 0 Å². The van der Waals surface area contributed by atoms with E-state index >= 15 is 0 Å². The zero-order valence-corrected chi connectivity index (χ0v) is 14.3. The number of amides is 1. The second-order valence-corrected chi connectivity index (χ2v) is 6.38. The molecule has 0 aliphatic heterocycles. The highest BCUT2D eigenvalue weighted by Crippen LogP contribution is 2.26. The Balaban J connectivity index is 1.81. The molecule has 1 aromatic carbocycles. The summed E-state index contributed by atoms with van der Waals surface area (Å²) in [4.78, 5) is 27.0. The Kier molecular flexibility index (Phi) is 4.22. The first-order valence-electron chi connectivity index (χ1n) is 7.98. The van der Waals surface area contributed by atoms with E-state index in [1.807, 2.05) is 0 Å². The topological polar surface area (TPSA) is 95.3 Å². The molecule has 0 saturated carbocycles. The van der Waals surface area contributed by atoms with Crippen molar-refractivity contribution in [2.24, 2.45) is 0 Å². The van der Waals surface area contributed by atoms with E-state index in [9.17, 15) is 14.7 Å². The van der Waals surface area contributed by atoms with E-state index in [1.54, 1.807) is 57.2 Å². The van der Waals surface area contributed by atoms with Crippen LogP contribution in [-0.2, 0) is 5.60 Å². The van der Waals surface area contributed by atoms with E-state index in [4.69, 9.17) is 4.42 Å². The van der Waals surface area contributed by atoms with Crippen molar-refractivity contribution in [1.29, 1.82) is 0 Å². The Morgan fingerprint density at radius 2 is 2.00 bits per heavy atom. The van der Waals surface area contributed by atoms with Crippen molar-refractivity contribution in [2.75, 3.05) is 6.54 Å². The molecule has 130 valence electrons. The summed E-state index contributed by atoms with van der Waals surface area (Å²) in [5, 5.41) is 14.5. The van der Waals surface area contributed by atoms with Gasteiger partial charge in [0.15, 0.2) is 0 Å². The molecule has 2 heterocycles. The van der Waals surface area contributed by atoms with Crippen molar-refractivity contribution in [2.45, 2.75) is 26.4 Å². The van der Waals surface area contributed by atoms with Crippen LogP contribution in [-0.4, -0.2) is 22.5 Å². The van der Waals surface area contributed by atoms with Gasteiger partial charge in [-0.25, -0.2) is 0 Å². The van der Waals surface area contributed by atoms with Crippen molar-refractivity contribution in [3.63, 3.8) is 0 Å². The van der Waals surface area contributed by atoms with Crippen LogP contribution in [0.4, 0.5) is 0 Å². The molecule has 0 radical (unpaired) electrons. The summed E-state index contributed by atoms with van der Waals surface area (Å²) in [5.41, 5.74) is -0.831. The summed E-state index contributed by atoms with van der Waals surface area (Å²) in [6.45, 7) is 5.15. The number of aromatic nitrogens is 1. The first-order valence-corrected chi connectivity index (χ1v) is 7.98. The smallest absolute Gasteiger partial charge is 0.267 e. The zero-order chi connectivity index (χ0) is 18.2. The number of pyridine rings is 1. The van der Waals surface area contributed by atoms with Crippen molar-refractivity contribution < 1.29 is 14.3 Å². The molecule has 6 nitrogen and oxygen atoms in total. The largest absolute Gasteiger partial charge is 0.466 e. The SMILES string of the molecule is Cc1cc(C(C)(O)CNC(=O)c2cc3ccccc3c(=O)[nH]2)c(C)o1. The molecule has 0 fully saturated rings. The van der Waals surface area contributed by atoms with Crippen molar-refractivity contribution in [1.82, 2.24) is 10.3 Å². The predicted octanol–water partition coefficient (Wildman–Crippen LogP) is 2.38. The van der Waals surface area contributed by atoms with Gasteiger partial charge in [-0.15, -0.1) is 0 Å². The van der Waals surface area contributed by atoms with Crippen LogP contribution in [0.3, 0.4) is 0 Å². The van der Waals surface area contributed by atoms with Crippen LogP contribution in [0.1, 0.15) is 34.5 Å². The predicted molar refractivity (Wildman–Crippen MR) is 94.7 cm³/mol. The molecule has 1 amide bonds. The highest BCUT2D eigenvalue weighted by atomic mass is 16.3. The fourth-order valence-corrected chi connectivity index (χ4v) is 2.94. The minimum absolute atomic E-state index is 0.0134. The Morgan fingerprint density at radius 3 is 2.68 bits per heavy atom. The molecule has 3 aromatic rings. The Labute approximate surface area is 144 Å². The molecule has 1 unspecified atom stereocenters. The van der Waals surface area contributed by atoms with Gasteiger partial charge < -0.3 is 19.8 Å². The molecule has 0 aliphatic carbocycles. The lowest BCUT2D eigenvalue weighted by molar-refractivity contribution is 0.0512. The third-order valence-corrected chi connectivity index (χ3v) is 4.21. The molecular formula is C19H20N2O4. The van der Waals surface area contributed by atoms with Gasteiger partial charge in [0.25, 0.3) is 11.5 Å². The van der Waals surface area contributed by atoms with Crippen LogP contribution in [0.15, 0.2) is 45.6 Å². The highest BCUT2D eigenvalue weighted by Gasteiger charge is 2.28. The number of fused-ring (bicyclic) bond motifs is 1. The lowest BCUT2D eigenvalue weighted by atomic mass is 9.96. The summed E-state index contributed by atoms with van der Waals surface area (Å²) in [6.07, 6.45) is 0. The quantitative estimate of drug-likeness (QED) is 0.679. The summed E-state index contributed by atoms with van der Waals surface area (Å²) in [7, 11) is 0. The second-order valence-electron chi connectivity index (χ2n) is 6.38. The van der Waals surface area contributed by atoms with Crippen LogP contribution in [0.2, 0.25) is 0 Å². The molecule has 25 heavy (non-hydrogen) atoms. The normalized spacial score (nSPS) is 13.6. The third kappa shape index (κ3) is 3.34. The van der Waals surface area contributed by atoms with Gasteiger partial charge in [-0.1, -0.05) is 18.2 Å². The second kappa shape index (κ2) is 6.22. The number of carbonyl (C=O) groups is 1. The average Bonchev–Trinajstić information content (AvgIpc) is 2.92. The molecule has 3 N–H and O–H groups in total. The van der Waals surface area contributed by atoms with Crippen LogP contribution in [0, 0.1) is 13.8 Å². The van der Waals surface area contributed by atoms with Gasteiger partial charge in [0, 0.05) is 10.9 Å². The third-order valence-electron chi connectivity index (χ3n) is 4.21. The monoisotopic (exact) mass is 340 g/mol. The Hall–Kier alpha value is -2.86. The maximum Gasteiger partial charge on any atom is 0.267 e. The maximum atomic E-state index is 12.4. The Bertz CT molecular complexity index is 998. The number of aryl methyl sites for hydroxylation is 2. The number of H-pyrrole nitrogens is 1. The summed E-state index contributed by atoms with van der Waals surface area (Å²) >= 11 is 0. The molecular weight excluding hydrogens is 320 g/mol. The van der Waals surface area contributed by atoms with Crippen LogP contribution < -0.4 is 10.9 Å². The van der Waals surface area contributed by atoms with Crippen molar-refractivity contribution in [3.8, 4) is 0 Å². The maximum absolute atomic E-state index is 12.4. The van der Waals surface area contributed by atoms with E-state index in [0.29, 0.717) is 27.9 Å². The van der Waals surface area contributed by atoms with Gasteiger partial charge in [0.2, 0.25) is 0 Å². The molecule has 0 aliphatic rings. The van der Waals surface area contributed by atoms with E-state index in [0.717, 1.165) is 0 Å². The minimum atomic E-state index is -1.28. The molecule has 0 bridgehead atoms. The zero-order valence-electron chi connectivity index (χ0n) is 14.3. The summed E-state index contributed by atoms with van der Waals surface area (Å²) < 4.78 is 5.44. The van der Waals surface area contributed by atoms with Crippen molar-refractivity contribution >= 4 is 16.7 Å². The number of hydrogen-bond acceptors (Lipinski definition) is 4. The molecule has 2 aromatic heterocycles. The lowest BCUT2D eigenvalue weighted by Crippen LogP contribution is -2.39. The van der Waals surface area contributed by atoms with Gasteiger partial charge in [0.05, 0.1) is 6.54 Å². The molecule has 6 heteroatoms. The first kappa shape index (κ1) is 17.0. The molecule has 1 atom stereocenters. The van der Waals surface area contributed by atoms with Gasteiger partial charge >= 0.3 is 0 Å². The number of aliphatic hydroxyl groups is 1. The van der Waals surface area contributed by atoms with Gasteiger partial charge in [-0.2, -0.15) is 0 Å². The average molecular weight is 340 g/mol. The van der Waals surface area contributed by atoms with Crippen molar-refractivity contribution in [3.05, 3.63) is 69.5 Å². The van der Waals surface area contributed by atoms with Crippen LogP contribution >= 0.6 is 0 Å². The fourth-order valence-electron chi connectivity index (χ4n) is 2.94. The number of hydrogen-bond donors (Lipinski definition) is 3. The number of furan rings is 1. The Morgan fingerprint density at radius 1 is 1.28 bits per heavy atom. The molecule has 0 spiro atoms. The van der Waals surface area contributed by atoms with Gasteiger partial charge in [-0.3, -0.25) is 9.59 Å². The number of benzene rings is 1. The van der Waals surface area contributed by atoms with Gasteiger partial charge in [0.1, 0.15) is 22.8 Å². The van der Waals surface area contributed by atoms with E-state index in [2.05, 4.69) is 10.3 Å².